The fourth-order valence-corrected chi connectivity index (χ4v) is 3.81. The molecule has 1 N–H and O–H groups in total. The van der Waals surface area contributed by atoms with Crippen LogP contribution in [0.25, 0.3) is 0 Å². The second kappa shape index (κ2) is 13.6. The summed E-state index contributed by atoms with van der Waals surface area (Å²) in [4.78, 5) is 21.6. The molecule has 0 aromatic rings. The van der Waals surface area contributed by atoms with E-state index in [4.69, 9.17) is 14.5 Å². The molecule has 0 aliphatic carbocycles. The molecule has 2 atom stereocenters. The predicted octanol–water partition coefficient (Wildman–Crippen LogP) is 2.20. The van der Waals surface area contributed by atoms with Gasteiger partial charge >= 0.3 is 5.97 Å². The number of aliphatic imine (C=N–C) groups is 1. The number of rotatable bonds is 7. The Morgan fingerprint density at radius 2 is 2.07 bits per heavy atom. The molecule has 7 nitrogen and oxygen atoms in total. The Hall–Kier alpha value is -0.610. The van der Waals surface area contributed by atoms with E-state index < -0.39 is 0 Å². The molecule has 2 saturated heterocycles. The van der Waals surface area contributed by atoms with E-state index in [0.29, 0.717) is 25.6 Å². The van der Waals surface area contributed by atoms with Gasteiger partial charge in [0.2, 0.25) is 0 Å². The zero-order chi connectivity index (χ0) is 19.6. The van der Waals surface area contributed by atoms with Crippen LogP contribution in [0.1, 0.15) is 40.5 Å². The monoisotopic (exact) mass is 510 g/mol. The molecule has 2 unspecified atom stereocenters. The lowest BCUT2D eigenvalue weighted by Crippen LogP contribution is -2.49. The van der Waals surface area contributed by atoms with E-state index >= 15 is 0 Å². The van der Waals surface area contributed by atoms with E-state index in [2.05, 4.69) is 35.9 Å². The highest BCUT2D eigenvalue weighted by atomic mass is 127. The van der Waals surface area contributed by atoms with Crippen LogP contribution in [0.2, 0.25) is 0 Å². The van der Waals surface area contributed by atoms with Crippen molar-refractivity contribution in [1.29, 1.82) is 0 Å². The van der Waals surface area contributed by atoms with E-state index in [1.807, 2.05) is 6.92 Å². The van der Waals surface area contributed by atoms with Crippen LogP contribution in [-0.2, 0) is 14.3 Å². The summed E-state index contributed by atoms with van der Waals surface area (Å²) in [7, 11) is 0. The van der Waals surface area contributed by atoms with Gasteiger partial charge in [0.1, 0.15) is 0 Å². The Morgan fingerprint density at radius 3 is 2.75 bits per heavy atom. The lowest BCUT2D eigenvalue weighted by atomic mass is 9.98. The zero-order valence-electron chi connectivity index (χ0n) is 18.0. The van der Waals surface area contributed by atoms with Gasteiger partial charge in [0.25, 0.3) is 0 Å². The smallest absolute Gasteiger partial charge is 0.310 e. The Labute approximate surface area is 187 Å². The molecule has 0 amide bonds. The topological polar surface area (TPSA) is 66.4 Å². The first-order valence-electron chi connectivity index (χ1n) is 10.6. The Bertz CT molecular complexity index is 490. The van der Waals surface area contributed by atoms with Gasteiger partial charge in [-0.3, -0.25) is 14.7 Å². The summed E-state index contributed by atoms with van der Waals surface area (Å²) in [6, 6.07) is 0. The lowest BCUT2D eigenvalue weighted by molar-refractivity contribution is -0.149. The lowest BCUT2D eigenvalue weighted by Gasteiger charge is -2.35. The van der Waals surface area contributed by atoms with Crippen LogP contribution in [0.5, 0.6) is 0 Å². The minimum Gasteiger partial charge on any atom is -0.466 e. The number of nitrogens with zero attached hydrogens (tertiary/aromatic N) is 3. The maximum Gasteiger partial charge on any atom is 0.310 e. The Kier molecular flexibility index (Phi) is 12.3. The number of guanidine groups is 1. The largest absolute Gasteiger partial charge is 0.466 e. The van der Waals surface area contributed by atoms with Gasteiger partial charge in [0.05, 0.1) is 31.8 Å². The molecule has 0 spiro atoms. The number of hydrogen-bond acceptors (Lipinski definition) is 5. The third-order valence-corrected chi connectivity index (χ3v) is 4.97. The highest BCUT2D eigenvalue weighted by molar-refractivity contribution is 14.0. The number of morpholine rings is 1. The van der Waals surface area contributed by atoms with E-state index in [-0.39, 0.29) is 42.0 Å². The van der Waals surface area contributed by atoms with Crippen molar-refractivity contribution in [2.75, 3.05) is 59.0 Å². The highest BCUT2D eigenvalue weighted by Gasteiger charge is 2.29. The van der Waals surface area contributed by atoms with Crippen molar-refractivity contribution in [3.63, 3.8) is 0 Å². The van der Waals surface area contributed by atoms with E-state index in [1.54, 1.807) is 0 Å². The van der Waals surface area contributed by atoms with Crippen molar-refractivity contribution < 1.29 is 14.3 Å². The first kappa shape index (κ1) is 25.4. The standard InChI is InChI=1S/C20H38N4O3.HI/c1-5-21-20(24-9-7-8-17(14-24)19(25)26-6-2)22-12-18-15-23(10-11-27-18)13-16(3)4;/h16-18H,5-15H2,1-4H3,(H,21,22);1H. The van der Waals surface area contributed by atoms with Gasteiger partial charge in [-0.15, -0.1) is 24.0 Å². The molecular formula is C20H39IN4O3. The van der Waals surface area contributed by atoms with Crippen LogP contribution in [0.4, 0.5) is 0 Å². The Balaban J connectivity index is 0.00000392. The normalized spacial score (nSPS) is 24.0. The van der Waals surface area contributed by atoms with Crippen LogP contribution >= 0.6 is 24.0 Å². The van der Waals surface area contributed by atoms with Crippen LogP contribution in [0.15, 0.2) is 4.99 Å². The third-order valence-electron chi connectivity index (χ3n) is 4.97. The molecule has 2 rings (SSSR count). The summed E-state index contributed by atoms with van der Waals surface area (Å²) in [6.07, 6.45) is 2.01. The number of piperidine rings is 1. The molecular weight excluding hydrogens is 471 g/mol. The maximum atomic E-state index is 12.1. The summed E-state index contributed by atoms with van der Waals surface area (Å²) in [6.45, 7) is 15.8. The molecule has 2 aliphatic rings. The average Bonchev–Trinajstić information content (AvgIpc) is 2.65. The molecule has 164 valence electrons. The number of likely N-dealkylation sites (tertiary alicyclic amines) is 1. The average molecular weight is 510 g/mol. The predicted molar refractivity (Wildman–Crippen MR) is 123 cm³/mol. The molecule has 0 aromatic carbocycles. The summed E-state index contributed by atoms with van der Waals surface area (Å²) < 4.78 is 11.1. The minimum absolute atomic E-state index is 0. The van der Waals surface area contributed by atoms with E-state index in [1.165, 1.54) is 0 Å². The molecule has 8 heteroatoms. The van der Waals surface area contributed by atoms with Crippen LogP contribution < -0.4 is 5.32 Å². The molecule has 0 radical (unpaired) electrons. The van der Waals surface area contributed by atoms with Crippen molar-refractivity contribution in [3.8, 4) is 0 Å². The SMILES string of the molecule is CCNC(=NCC1CN(CC(C)C)CCO1)N1CCCC(C(=O)OCC)C1.I. The third kappa shape index (κ3) is 8.41. The molecule has 0 bridgehead atoms. The first-order chi connectivity index (χ1) is 13.0. The van der Waals surface area contributed by atoms with Crippen LogP contribution in [0, 0.1) is 11.8 Å². The van der Waals surface area contributed by atoms with Crippen molar-refractivity contribution in [2.24, 2.45) is 16.8 Å². The number of halogens is 1. The molecule has 2 aliphatic heterocycles. The van der Waals surface area contributed by atoms with Crippen molar-refractivity contribution in [3.05, 3.63) is 0 Å². The van der Waals surface area contributed by atoms with Gasteiger partial charge < -0.3 is 19.7 Å². The van der Waals surface area contributed by atoms with Gasteiger partial charge in [0.15, 0.2) is 5.96 Å². The number of carbonyl (C=O) groups is 1. The zero-order valence-corrected chi connectivity index (χ0v) is 20.3. The van der Waals surface area contributed by atoms with Gasteiger partial charge in [-0.1, -0.05) is 13.8 Å². The van der Waals surface area contributed by atoms with Crippen molar-refractivity contribution in [2.45, 2.75) is 46.6 Å². The second-order valence-electron chi connectivity index (χ2n) is 7.88. The maximum absolute atomic E-state index is 12.1. The number of esters is 1. The number of ether oxygens (including phenoxy) is 2. The van der Waals surface area contributed by atoms with Crippen LogP contribution in [-0.4, -0.2) is 86.9 Å². The molecule has 2 fully saturated rings. The van der Waals surface area contributed by atoms with E-state index in [0.717, 1.165) is 58.1 Å². The van der Waals surface area contributed by atoms with Crippen molar-refractivity contribution in [1.82, 2.24) is 15.1 Å². The fraction of sp³-hybridized carbons (Fsp3) is 0.900. The quantitative estimate of drug-likeness (QED) is 0.245. The molecule has 2 heterocycles. The molecule has 0 aromatic heterocycles. The molecule has 0 saturated carbocycles. The fourth-order valence-electron chi connectivity index (χ4n) is 3.81. The van der Waals surface area contributed by atoms with Gasteiger partial charge in [0, 0.05) is 39.3 Å². The van der Waals surface area contributed by atoms with Gasteiger partial charge in [-0.2, -0.15) is 0 Å². The van der Waals surface area contributed by atoms with Crippen LogP contribution in [0.3, 0.4) is 0 Å². The highest BCUT2D eigenvalue weighted by Crippen LogP contribution is 2.18. The second-order valence-corrected chi connectivity index (χ2v) is 7.88. The first-order valence-corrected chi connectivity index (χ1v) is 10.6. The number of carbonyl (C=O) groups excluding carboxylic acids is 1. The minimum atomic E-state index is -0.0852. The summed E-state index contributed by atoms with van der Waals surface area (Å²) >= 11 is 0. The van der Waals surface area contributed by atoms with Crippen molar-refractivity contribution >= 4 is 35.9 Å². The van der Waals surface area contributed by atoms with Gasteiger partial charge in [-0.05, 0) is 32.6 Å². The van der Waals surface area contributed by atoms with E-state index in [9.17, 15) is 4.79 Å². The molecule has 28 heavy (non-hydrogen) atoms. The van der Waals surface area contributed by atoms with Gasteiger partial charge in [-0.25, -0.2) is 0 Å². The summed E-state index contributed by atoms with van der Waals surface area (Å²) in [5.41, 5.74) is 0. The summed E-state index contributed by atoms with van der Waals surface area (Å²) in [5.74, 6) is 1.40. The Morgan fingerprint density at radius 1 is 1.29 bits per heavy atom. The summed E-state index contributed by atoms with van der Waals surface area (Å²) in [5, 5.41) is 3.38. The number of hydrogen-bond donors (Lipinski definition) is 1. The number of nitrogens with one attached hydrogen (secondary N) is 1.